The molecule has 7 heteroatoms. The van der Waals surface area contributed by atoms with E-state index >= 15 is 0 Å². The Bertz CT molecular complexity index is 1040. The zero-order valence-electron chi connectivity index (χ0n) is 19.7. The highest BCUT2D eigenvalue weighted by molar-refractivity contribution is 6.12. The molecule has 0 radical (unpaired) electrons. The molecule has 0 aliphatic heterocycles. The first-order valence-electron chi connectivity index (χ1n) is 10.2. The Kier molecular flexibility index (Phi) is 8.18. The SMILES string of the molecule is CCc1c(OC)c(C=CC(=O)c2ccccc2)c(OC)c(C(=O)N(C)C)c1C(=O)N(C)C. The second kappa shape index (κ2) is 10.6. The third-order valence-electron chi connectivity index (χ3n) is 5.00. The average Bonchev–Trinajstić information content (AvgIpc) is 2.80. The van der Waals surface area contributed by atoms with Crippen LogP contribution in [0.4, 0.5) is 0 Å². The van der Waals surface area contributed by atoms with Crippen molar-refractivity contribution in [1.82, 2.24) is 9.80 Å². The number of hydrogen-bond donors (Lipinski definition) is 0. The molecule has 0 heterocycles. The molecule has 0 spiro atoms. The molecule has 0 saturated carbocycles. The summed E-state index contributed by atoms with van der Waals surface area (Å²) in [4.78, 5) is 41.8. The average molecular weight is 439 g/mol. The summed E-state index contributed by atoms with van der Waals surface area (Å²) in [5.41, 5.74) is 1.90. The lowest BCUT2D eigenvalue weighted by atomic mass is 9.91. The van der Waals surface area contributed by atoms with E-state index in [4.69, 9.17) is 9.47 Å². The molecule has 32 heavy (non-hydrogen) atoms. The van der Waals surface area contributed by atoms with Gasteiger partial charge in [-0.1, -0.05) is 37.3 Å². The molecule has 2 rings (SSSR count). The van der Waals surface area contributed by atoms with Gasteiger partial charge in [-0.15, -0.1) is 0 Å². The van der Waals surface area contributed by atoms with Gasteiger partial charge in [-0.05, 0) is 18.6 Å². The van der Waals surface area contributed by atoms with Gasteiger partial charge in [0, 0.05) is 39.3 Å². The zero-order valence-corrected chi connectivity index (χ0v) is 19.7. The maximum atomic E-state index is 13.2. The molecule has 0 aromatic heterocycles. The first kappa shape index (κ1) is 24.7. The van der Waals surface area contributed by atoms with Crippen molar-refractivity contribution >= 4 is 23.7 Å². The first-order chi connectivity index (χ1) is 15.2. The van der Waals surface area contributed by atoms with Gasteiger partial charge < -0.3 is 19.3 Å². The van der Waals surface area contributed by atoms with Crippen LogP contribution in [0.2, 0.25) is 0 Å². The summed E-state index contributed by atoms with van der Waals surface area (Å²) in [6, 6.07) is 8.84. The lowest BCUT2D eigenvalue weighted by Crippen LogP contribution is -2.30. The van der Waals surface area contributed by atoms with Crippen LogP contribution in [0.3, 0.4) is 0 Å². The van der Waals surface area contributed by atoms with Crippen molar-refractivity contribution in [3.8, 4) is 11.5 Å². The van der Waals surface area contributed by atoms with Crippen molar-refractivity contribution in [3.63, 3.8) is 0 Å². The van der Waals surface area contributed by atoms with Crippen LogP contribution < -0.4 is 9.47 Å². The molecule has 170 valence electrons. The Labute approximate surface area is 189 Å². The van der Waals surface area contributed by atoms with E-state index in [1.165, 1.54) is 30.1 Å². The molecule has 7 nitrogen and oxygen atoms in total. The summed E-state index contributed by atoms with van der Waals surface area (Å²) in [6.07, 6.45) is 3.41. The third-order valence-corrected chi connectivity index (χ3v) is 5.00. The number of carbonyl (C=O) groups excluding carboxylic acids is 3. The minimum absolute atomic E-state index is 0.140. The summed E-state index contributed by atoms with van der Waals surface area (Å²) >= 11 is 0. The highest BCUT2D eigenvalue weighted by Gasteiger charge is 2.32. The van der Waals surface area contributed by atoms with Gasteiger partial charge >= 0.3 is 0 Å². The van der Waals surface area contributed by atoms with Crippen molar-refractivity contribution in [2.75, 3.05) is 42.4 Å². The van der Waals surface area contributed by atoms with Crippen LogP contribution in [0.1, 0.15) is 49.1 Å². The molecule has 0 aliphatic carbocycles. The Morgan fingerprint density at radius 1 is 0.844 bits per heavy atom. The van der Waals surface area contributed by atoms with Gasteiger partial charge in [0.05, 0.1) is 30.9 Å². The smallest absolute Gasteiger partial charge is 0.257 e. The van der Waals surface area contributed by atoms with Crippen LogP contribution in [0.25, 0.3) is 6.08 Å². The fourth-order valence-corrected chi connectivity index (χ4v) is 3.46. The molecule has 0 fully saturated rings. The van der Waals surface area contributed by atoms with E-state index in [1.54, 1.807) is 58.5 Å². The maximum absolute atomic E-state index is 13.2. The molecule has 0 unspecified atom stereocenters. The number of allylic oxidation sites excluding steroid dienone is 1. The number of rotatable bonds is 8. The number of methoxy groups -OCH3 is 2. The molecule has 0 N–H and O–H groups in total. The summed E-state index contributed by atoms with van der Waals surface area (Å²) in [5, 5.41) is 0. The highest BCUT2D eigenvalue weighted by atomic mass is 16.5. The molecule has 2 aromatic rings. The Morgan fingerprint density at radius 2 is 1.38 bits per heavy atom. The molecular formula is C25H30N2O5. The quantitative estimate of drug-likeness (QED) is 0.465. The highest BCUT2D eigenvalue weighted by Crippen LogP contribution is 2.41. The van der Waals surface area contributed by atoms with Gasteiger partial charge in [0.15, 0.2) is 5.78 Å². The Morgan fingerprint density at radius 3 is 1.84 bits per heavy atom. The van der Waals surface area contributed by atoms with Crippen LogP contribution in [-0.2, 0) is 6.42 Å². The van der Waals surface area contributed by atoms with Gasteiger partial charge in [0.2, 0.25) is 0 Å². The minimum Gasteiger partial charge on any atom is -0.496 e. The second-order valence-corrected chi connectivity index (χ2v) is 7.53. The minimum atomic E-state index is -0.381. The summed E-state index contributed by atoms with van der Waals surface area (Å²) in [6.45, 7) is 1.88. The summed E-state index contributed by atoms with van der Waals surface area (Å²) in [7, 11) is 9.37. The molecule has 0 saturated heterocycles. The van der Waals surface area contributed by atoms with E-state index in [9.17, 15) is 14.4 Å². The number of ketones is 1. The molecule has 0 atom stereocenters. The monoisotopic (exact) mass is 438 g/mol. The predicted molar refractivity (Wildman–Crippen MR) is 125 cm³/mol. The third kappa shape index (κ3) is 4.82. The number of ether oxygens (including phenoxy) is 2. The van der Waals surface area contributed by atoms with Gasteiger partial charge in [-0.3, -0.25) is 14.4 Å². The molecule has 2 aromatic carbocycles. The molecule has 2 amide bonds. The van der Waals surface area contributed by atoms with E-state index in [2.05, 4.69) is 0 Å². The standard InChI is InChI=1S/C25H30N2O5/c1-8-17-20(24(29)26(2)3)21(25(30)27(4)5)23(32-7)18(22(17)31-6)14-15-19(28)16-12-10-9-11-13-16/h9-15H,8H2,1-7H3. The maximum Gasteiger partial charge on any atom is 0.257 e. The topological polar surface area (TPSA) is 76.1 Å². The van der Waals surface area contributed by atoms with Crippen LogP contribution in [0.5, 0.6) is 11.5 Å². The van der Waals surface area contributed by atoms with E-state index in [0.29, 0.717) is 28.9 Å². The van der Waals surface area contributed by atoms with Gasteiger partial charge in [0.25, 0.3) is 11.8 Å². The van der Waals surface area contributed by atoms with E-state index in [-0.39, 0.29) is 34.5 Å². The van der Waals surface area contributed by atoms with Gasteiger partial charge in [-0.25, -0.2) is 0 Å². The van der Waals surface area contributed by atoms with Gasteiger partial charge in [-0.2, -0.15) is 0 Å². The normalized spacial score (nSPS) is 10.7. The van der Waals surface area contributed by atoms with Gasteiger partial charge in [0.1, 0.15) is 11.5 Å². The fraction of sp³-hybridized carbons (Fsp3) is 0.320. The Hall–Kier alpha value is -3.61. The largest absolute Gasteiger partial charge is 0.496 e. The molecular weight excluding hydrogens is 408 g/mol. The van der Waals surface area contributed by atoms with E-state index in [0.717, 1.165) is 0 Å². The van der Waals surface area contributed by atoms with Crippen LogP contribution in [0.15, 0.2) is 36.4 Å². The summed E-state index contributed by atoms with van der Waals surface area (Å²) in [5.74, 6) is -0.350. The number of hydrogen-bond acceptors (Lipinski definition) is 5. The first-order valence-corrected chi connectivity index (χ1v) is 10.2. The van der Waals surface area contributed by atoms with Crippen LogP contribution >= 0.6 is 0 Å². The van der Waals surface area contributed by atoms with Crippen LogP contribution in [-0.4, -0.2) is 69.8 Å². The zero-order chi connectivity index (χ0) is 24.0. The van der Waals surface area contributed by atoms with E-state index < -0.39 is 0 Å². The van der Waals surface area contributed by atoms with E-state index in [1.807, 2.05) is 13.0 Å². The lowest BCUT2D eigenvalue weighted by Gasteiger charge is -2.25. The fourth-order valence-electron chi connectivity index (χ4n) is 3.46. The van der Waals surface area contributed by atoms with Crippen molar-refractivity contribution in [1.29, 1.82) is 0 Å². The number of nitrogens with zero attached hydrogens (tertiary/aromatic N) is 2. The molecule has 0 bridgehead atoms. The summed E-state index contributed by atoms with van der Waals surface area (Å²) < 4.78 is 11.3. The Balaban J connectivity index is 2.88. The lowest BCUT2D eigenvalue weighted by molar-refractivity contribution is 0.0786. The van der Waals surface area contributed by atoms with Crippen molar-refractivity contribution < 1.29 is 23.9 Å². The number of carbonyl (C=O) groups is 3. The number of benzene rings is 2. The van der Waals surface area contributed by atoms with Crippen molar-refractivity contribution in [2.45, 2.75) is 13.3 Å². The van der Waals surface area contributed by atoms with Crippen LogP contribution in [0, 0.1) is 0 Å². The molecule has 0 aliphatic rings. The number of amides is 2. The van der Waals surface area contributed by atoms with Crippen molar-refractivity contribution in [3.05, 3.63) is 64.2 Å². The second-order valence-electron chi connectivity index (χ2n) is 7.53. The van der Waals surface area contributed by atoms with Crippen molar-refractivity contribution in [2.24, 2.45) is 0 Å². The predicted octanol–water partition coefficient (Wildman–Crippen LogP) is 3.57.